The van der Waals surface area contributed by atoms with Crippen LogP contribution in [0.15, 0.2) is 28.4 Å². The highest BCUT2D eigenvalue weighted by atomic mass is 32.2. The van der Waals surface area contributed by atoms with E-state index in [9.17, 15) is 4.91 Å². The largest absolute Gasteiger partial charge is 0.241 e. The Balaban J connectivity index is 2.94. The van der Waals surface area contributed by atoms with E-state index in [1.807, 2.05) is 6.26 Å². The fourth-order valence-corrected chi connectivity index (χ4v) is 1.49. The van der Waals surface area contributed by atoms with Crippen LogP contribution in [0.25, 0.3) is 0 Å². The van der Waals surface area contributed by atoms with Crippen LogP contribution in [0.2, 0.25) is 0 Å². The molecule has 76 valence electrons. The van der Waals surface area contributed by atoms with Crippen molar-refractivity contribution in [3.05, 3.63) is 23.1 Å². The van der Waals surface area contributed by atoms with Crippen molar-refractivity contribution in [3.63, 3.8) is 0 Å². The Morgan fingerprint density at radius 1 is 1.57 bits per heavy atom. The molecule has 14 heavy (non-hydrogen) atoms. The fourth-order valence-electron chi connectivity index (χ4n) is 0.961. The quantitative estimate of drug-likeness (QED) is 0.302. The SMILES string of the molecule is CSc1ccc(NOO)cc1NN=O. The van der Waals surface area contributed by atoms with Crippen molar-refractivity contribution in [2.45, 2.75) is 4.90 Å². The summed E-state index contributed by atoms with van der Waals surface area (Å²) >= 11 is 1.47. The number of hydrogen-bond donors (Lipinski definition) is 3. The smallest absolute Gasteiger partial charge is 0.0751 e. The maximum Gasteiger partial charge on any atom is 0.0751 e. The number of rotatable bonds is 5. The van der Waals surface area contributed by atoms with Crippen molar-refractivity contribution in [2.75, 3.05) is 17.2 Å². The molecule has 0 unspecified atom stereocenters. The number of thioether (sulfide) groups is 1. The molecule has 0 heterocycles. The molecule has 0 saturated heterocycles. The Morgan fingerprint density at radius 2 is 2.36 bits per heavy atom. The average Bonchev–Trinajstić information content (AvgIpc) is 2.19. The fraction of sp³-hybridized carbons (Fsp3) is 0.143. The number of nitroso groups, excluding NO2 is 1. The van der Waals surface area contributed by atoms with Gasteiger partial charge in [-0.15, -0.1) is 21.7 Å². The summed E-state index contributed by atoms with van der Waals surface area (Å²) in [6.45, 7) is 0. The molecule has 3 N–H and O–H groups in total. The summed E-state index contributed by atoms with van der Waals surface area (Å²) in [7, 11) is 0. The van der Waals surface area contributed by atoms with Gasteiger partial charge in [-0.25, -0.2) is 16.2 Å². The lowest BCUT2D eigenvalue weighted by molar-refractivity contribution is -0.215. The first-order valence-corrected chi connectivity index (χ1v) is 4.87. The normalized spacial score (nSPS) is 9.57. The van der Waals surface area contributed by atoms with Gasteiger partial charge in [0.15, 0.2) is 0 Å². The second-order valence-corrected chi connectivity index (χ2v) is 3.16. The highest BCUT2D eigenvalue weighted by Crippen LogP contribution is 2.28. The van der Waals surface area contributed by atoms with Crippen molar-refractivity contribution in [3.8, 4) is 0 Å². The molecule has 0 spiro atoms. The van der Waals surface area contributed by atoms with E-state index < -0.39 is 0 Å². The van der Waals surface area contributed by atoms with E-state index in [1.54, 1.807) is 18.2 Å². The van der Waals surface area contributed by atoms with Gasteiger partial charge in [0.05, 0.1) is 16.7 Å². The van der Waals surface area contributed by atoms with Crippen LogP contribution in [0, 0.1) is 4.91 Å². The topological polar surface area (TPSA) is 82.9 Å². The van der Waals surface area contributed by atoms with Crippen molar-refractivity contribution in [1.82, 2.24) is 0 Å². The molecule has 0 aliphatic heterocycles. The number of nitrogens with one attached hydrogen (secondary N) is 2. The van der Waals surface area contributed by atoms with E-state index in [0.29, 0.717) is 11.4 Å². The highest BCUT2D eigenvalue weighted by molar-refractivity contribution is 7.98. The van der Waals surface area contributed by atoms with Crippen LogP contribution >= 0.6 is 11.8 Å². The first-order chi connectivity index (χ1) is 6.81. The summed E-state index contributed by atoms with van der Waals surface area (Å²) in [4.78, 5) is 14.6. The van der Waals surface area contributed by atoms with Gasteiger partial charge in [-0.3, -0.25) is 0 Å². The molecule has 1 aromatic rings. The van der Waals surface area contributed by atoms with Gasteiger partial charge in [0, 0.05) is 4.90 Å². The predicted molar refractivity (Wildman–Crippen MR) is 55.0 cm³/mol. The molecule has 0 radical (unpaired) electrons. The Kier molecular flexibility index (Phi) is 4.17. The van der Waals surface area contributed by atoms with Gasteiger partial charge < -0.3 is 0 Å². The Bertz CT molecular complexity index is 321. The molecule has 0 aliphatic rings. The molecule has 0 aliphatic carbocycles. The van der Waals surface area contributed by atoms with Crippen LogP contribution < -0.4 is 10.9 Å². The number of hydrogen-bond acceptors (Lipinski definition) is 6. The van der Waals surface area contributed by atoms with E-state index in [-0.39, 0.29) is 0 Å². The van der Waals surface area contributed by atoms with E-state index in [0.717, 1.165) is 4.90 Å². The van der Waals surface area contributed by atoms with Gasteiger partial charge in [-0.1, -0.05) is 0 Å². The zero-order chi connectivity index (χ0) is 10.4. The van der Waals surface area contributed by atoms with Crippen LogP contribution in [0.4, 0.5) is 11.4 Å². The predicted octanol–water partition coefficient (Wildman–Crippen LogP) is 2.32. The molecule has 0 atom stereocenters. The van der Waals surface area contributed by atoms with Gasteiger partial charge >= 0.3 is 0 Å². The van der Waals surface area contributed by atoms with Crippen molar-refractivity contribution >= 4 is 23.1 Å². The minimum Gasteiger partial charge on any atom is -0.241 e. The number of nitrogens with zero attached hydrogens (tertiary/aromatic N) is 1. The number of benzene rings is 1. The Hall–Kier alpha value is -1.31. The van der Waals surface area contributed by atoms with E-state index >= 15 is 0 Å². The molecule has 6 nitrogen and oxygen atoms in total. The van der Waals surface area contributed by atoms with Gasteiger partial charge in [0.25, 0.3) is 0 Å². The molecule has 0 bridgehead atoms. The lowest BCUT2D eigenvalue weighted by Gasteiger charge is -2.07. The van der Waals surface area contributed by atoms with Gasteiger partial charge in [0.2, 0.25) is 0 Å². The number of anilines is 2. The summed E-state index contributed by atoms with van der Waals surface area (Å²) in [6.07, 6.45) is 1.88. The summed E-state index contributed by atoms with van der Waals surface area (Å²) in [5.41, 5.74) is 5.58. The standard InChI is InChI=1S/C7H9N3O3S/c1-14-7-3-2-5(9-13-12)4-6(7)8-10-11/h2-4,9,12H,1H3,(H,8,11). The summed E-state index contributed by atoms with van der Waals surface area (Å²) in [6, 6.07) is 5.04. The highest BCUT2D eigenvalue weighted by Gasteiger charge is 2.02. The molecule has 0 amide bonds. The maximum absolute atomic E-state index is 10.0. The molecule has 1 rings (SSSR count). The second kappa shape index (κ2) is 5.43. The van der Waals surface area contributed by atoms with Crippen LogP contribution in [-0.4, -0.2) is 11.5 Å². The van der Waals surface area contributed by atoms with Crippen molar-refractivity contribution < 1.29 is 10.2 Å². The van der Waals surface area contributed by atoms with Crippen LogP contribution in [0.5, 0.6) is 0 Å². The van der Waals surface area contributed by atoms with E-state index in [2.05, 4.69) is 21.2 Å². The van der Waals surface area contributed by atoms with E-state index in [1.165, 1.54) is 11.8 Å². The molecule has 1 aromatic carbocycles. The van der Waals surface area contributed by atoms with E-state index in [4.69, 9.17) is 5.26 Å². The molecule has 0 aromatic heterocycles. The zero-order valence-electron chi connectivity index (χ0n) is 7.35. The molecule has 0 fully saturated rings. The molecular weight excluding hydrogens is 206 g/mol. The first-order valence-electron chi connectivity index (χ1n) is 3.64. The zero-order valence-corrected chi connectivity index (χ0v) is 8.17. The third-order valence-electron chi connectivity index (χ3n) is 1.53. The molecule has 7 heteroatoms. The van der Waals surface area contributed by atoms with Gasteiger partial charge in [-0.05, 0) is 24.5 Å². The van der Waals surface area contributed by atoms with Crippen LogP contribution in [-0.2, 0) is 4.99 Å². The summed E-state index contributed by atoms with van der Waals surface area (Å²) in [5.74, 6) is 0. The first kappa shape index (κ1) is 10.8. The monoisotopic (exact) mass is 215 g/mol. The van der Waals surface area contributed by atoms with Crippen molar-refractivity contribution in [1.29, 1.82) is 0 Å². The minimum atomic E-state index is 0.511. The maximum atomic E-state index is 10.0. The third kappa shape index (κ3) is 2.59. The van der Waals surface area contributed by atoms with Crippen LogP contribution in [0.3, 0.4) is 0 Å². The lowest BCUT2D eigenvalue weighted by Crippen LogP contribution is -1.97. The molecular formula is C7H9N3O3S. The Morgan fingerprint density at radius 3 is 2.93 bits per heavy atom. The summed E-state index contributed by atoms with van der Waals surface area (Å²) < 4.78 is 0. The summed E-state index contributed by atoms with van der Waals surface area (Å²) in [5, 5.41) is 10.7. The van der Waals surface area contributed by atoms with Crippen LogP contribution in [0.1, 0.15) is 0 Å². The lowest BCUT2D eigenvalue weighted by atomic mass is 10.3. The molecule has 0 saturated carbocycles. The average molecular weight is 215 g/mol. The van der Waals surface area contributed by atoms with Gasteiger partial charge in [0.1, 0.15) is 0 Å². The minimum absolute atomic E-state index is 0.511. The van der Waals surface area contributed by atoms with Crippen molar-refractivity contribution in [2.24, 2.45) is 5.29 Å². The van der Waals surface area contributed by atoms with Gasteiger partial charge in [-0.2, -0.15) is 0 Å². The second-order valence-electron chi connectivity index (χ2n) is 2.31. The Labute approximate surface area is 84.5 Å². The third-order valence-corrected chi connectivity index (χ3v) is 2.32.